The molecule has 176 valence electrons. The van der Waals surface area contributed by atoms with Crippen molar-refractivity contribution in [1.29, 1.82) is 0 Å². The Balaban J connectivity index is 1.55. The van der Waals surface area contributed by atoms with E-state index >= 15 is 0 Å². The number of anilines is 1. The molecule has 2 aromatic heterocycles. The first-order chi connectivity index (χ1) is 16.4. The number of carbonyl (C=O) groups excluding carboxylic acids is 1. The molecule has 0 radical (unpaired) electrons. The summed E-state index contributed by atoms with van der Waals surface area (Å²) in [6.45, 7) is 6.10. The van der Waals surface area contributed by atoms with Crippen molar-refractivity contribution in [2.75, 3.05) is 19.5 Å². The molecule has 1 amide bonds. The lowest BCUT2D eigenvalue weighted by Crippen LogP contribution is -2.14. The van der Waals surface area contributed by atoms with E-state index in [1.807, 2.05) is 66.9 Å². The standard InChI is InChI=1S/C27H30N4O3/c1-6-19-7-9-21(10-8-19)29-27(32)12-11-24-17(2)28-26-16-25(30-31(26)18(24)3)20-13-22(33-4)15-23(14-20)34-5/h7-10,13-16H,6,11-12H2,1-5H3,(H,29,32). The number of methoxy groups -OCH3 is 2. The monoisotopic (exact) mass is 458 g/mol. The predicted octanol–water partition coefficient (Wildman–Crippen LogP) is 5.16. The van der Waals surface area contributed by atoms with E-state index in [0.29, 0.717) is 24.3 Å². The van der Waals surface area contributed by atoms with Crippen molar-refractivity contribution in [3.05, 3.63) is 71.0 Å². The number of hydrogen-bond donors (Lipinski definition) is 1. The number of nitrogens with one attached hydrogen (secondary N) is 1. The van der Waals surface area contributed by atoms with E-state index in [9.17, 15) is 4.79 Å². The summed E-state index contributed by atoms with van der Waals surface area (Å²) in [6, 6.07) is 15.6. The van der Waals surface area contributed by atoms with Crippen molar-refractivity contribution >= 4 is 17.2 Å². The number of fused-ring (bicyclic) bond motifs is 1. The molecule has 0 fully saturated rings. The number of carbonyl (C=O) groups is 1. The molecule has 0 spiro atoms. The van der Waals surface area contributed by atoms with Crippen molar-refractivity contribution in [3.8, 4) is 22.8 Å². The number of ether oxygens (including phenoxy) is 2. The van der Waals surface area contributed by atoms with Gasteiger partial charge in [0.15, 0.2) is 5.65 Å². The highest BCUT2D eigenvalue weighted by atomic mass is 16.5. The minimum Gasteiger partial charge on any atom is -0.497 e. The molecule has 34 heavy (non-hydrogen) atoms. The van der Waals surface area contributed by atoms with Crippen LogP contribution in [0.25, 0.3) is 16.9 Å². The second-order valence-corrected chi connectivity index (χ2v) is 8.26. The van der Waals surface area contributed by atoms with Gasteiger partial charge in [0.2, 0.25) is 5.91 Å². The van der Waals surface area contributed by atoms with Gasteiger partial charge in [-0.1, -0.05) is 19.1 Å². The number of benzene rings is 2. The first-order valence-corrected chi connectivity index (χ1v) is 11.4. The van der Waals surface area contributed by atoms with Crippen molar-refractivity contribution < 1.29 is 14.3 Å². The van der Waals surface area contributed by atoms with Crippen LogP contribution in [0.5, 0.6) is 11.5 Å². The third kappa shape index (κ3) is 4.88. The zero-order chi connectivity index (χ0) is 24.2. The molecule has 0 aliphatic heterocycles. The summed E-state index contributed by atoms with van der Waals surface area (Å²) in [5.41, 5.74) is 7.39. The number of rotatable bonds is 8. The highest BCUT2D eigenvalue weighted by Gasteiger charge is 2.15. The Bertz CT molecular complexity index is 1300. The number of amides is 1. The summed E-state index contributed by atoms with van der Waals surface area (Å²) in [5.74, 6) is 1.37. The molecule has 7 heteroatoms. The molecular formula is C27H30N4O3. The van der Waals surface area contributed by atoms with Crippen LogP contribution in [0.1, 0.15) is 35.9 Å². The Labute approximate surface area is 199 Å². The molecule has 0 atom stereocenters. The lowest BCUT2D eigenvalue weighted by Gasteiger charge is -2.11. The van der Waals surface area contributed by atoms with Crippen LogP contribution in [-0.2, 0) is 17.6 Å². The molecule has 0 saturated heterocycles. The fraction of sp³-hybridized carbons (Fsp3) is 0.296. The largest absolute Gasteiger partial charge is 0.497 e. The van der Waals surface area contributed by atoms with Crippen LogP contribution in [0.4, 0.5) is 5.69 Å². The molecule has 0 bridgehead atoms. The molecule has 0 unspecified atom stereocenters. The average Bonchev–Trinajstić information content (AvgIpc) is 3.28. The second kappa shape index (κ2) is 9.95. The first kappa shape index (κ1) is 23.3. The van der Waals surface area contributed by atoms with E-state index in [1.54, 1.807) is 14.2 Å². The zero-order valence-electron chi connectivity index (χ0n) is 20.3. The minimum absolute atomic E-state index is 0.0206. The van der Waals surface area contributed by atoms with Gasteiger partial charge >= 0.3 is 0 Å². The van der Waals surface area contributed by atoms with Gasteiger partial charge in [0, 0.05) is 41.2 Å². The van der Waals surface area contributed by atoms with Gasteiger partial charge in [0.25, 0.3) is 0 Å². The van der Waals surface area contributed by atoms with Gasteiger partial charge in [-0.2, -0.15) is 5.10 Å². The van der Waals surface area contributed by atoms with Crippen molar-refractivity contribution in [2.45, 2.75) is 40.0 Å². The van der Waals surface area contributed by atoms with E-state index in [0.717, 1.165) is 46.0 Å². The highest BCUT2D eigenvalue weighted by molar-refractivity contribution is 5.90. The predicted molar refractivity (Wildman–Crippen MR) is 134 cm³/mol. The molecule has 1 N–H and O–H groups in total. The first-order valence-electron chi connectivity index (χ1n) is 11.4. The normalized spacial score (nSPS) is 11.0. The zero-order valence-corrected chi connectivity index (χ0v) is 20.3. The number of aromatic nitrogens is 3. The fourth-order valence-electron chi connectivity index (χ4n) is 4.07. The smallest absolute Gasteiger partial charge is 0.224 e. The van der Waals surface area contributed by atoms with Gasteiger partial charge in [0.1, 0.15) is 11.5 Å². The maximum atomic E-state index is 12.6. The van der Waals surface area contributed by atoms with Crippen LogP contribution < -0.4 is 14.8 Å². The minimum atomic E-state index is -0.0206. The third-order valence-corrected chi connectivity index (χ3v) is 6.06. The van der Waals surface area contributed by atoms with E-state index in [4.69, 9.17) is 19.6 Å². The summed E-state index contributed by atoms with van der Waals surface area (Å²) in [6.07, 6.45) is 1.93. The van der Waals surface area contributed by atoms with Crippen LogP contribution in [0, 0.1) is 13.8 Å². The molecule has 2 aromatic carbocycles. The van der Waals surface area contributed by atoms with Gasteiger partial charge in [0.05, 0.1) is 19.9 Å². The van der Waals surface area contributed by atoms with Gasteiger partial charge in [-0.3, -0.25) is 4.79 Å². The summed E-state index contributed by atoms with van der Waals surface area (Å²) >= 11 is 0. The Morgan fingerprint density at radius 2 is 1.68 bits per heavy atom. The second-order valence-electron chi connectivity index (χ2n) is 8.26. The Hall–Kier alpha value is -3.87. The summed E-state index contributed by atoms with van der Waals surface area (Å²) in [5, 5.41) is 7.77. The Morgan fingerprint density at radius 3 is 2.29 bits per heavy atom. The van der Waals surface area contributed by atoms with Crippen molar-refractivity contribution in [2.24, 2.45) is 0 Å². The summed E-state index contributed by atoms with van der Waals surface area (Å²) < 4.78 is 12.6. The van der Waals surface area contributed by atoms with Crippen molar-refractivity contribution in [1.82, 2.24) is 14.6 Å². The lowest BCUT2D eigenvalue weighted by molar-refractivity contribution is -0.116. The topological polar surface area (TPSA) is 77.8 Å². The number of aryl methyl sites for hydroxylation is 3. The van der Waals surface area contributed by atoms with Gasteiger partial charge in [-0.05, 0) is 62.1 Å². The Kier molecular flexibility index (Phi) is 6.82. The SMILES string of the molecule is CCc1ccc(NC(=O)CCc2c(C)nc3cc(-c4cc(OC)cc(OC)c4)nn3c2C)cc1. The Morgan fingerprint density at radius 1 is 1.00 bits per heavy atom. The number of hydrogen-bond acceptors (Lipinski definition) is 5. The van der Waals surface area contributed by atoms with E-state index in [2.05, 4.69) is 12.2 Å². The summed E-state index contributed by atoms with van der Waals surface area (Å²) in [7, 11) is 3.25. The van der Waals surface area contributed by atoms with Crippen LogP contribution >= 0.6 is 0 Å². The molecule has 0 aliphatic rings. The molecule has 4 aromatic rings. The molecule has 2 heterocycles. The third-order valence-electron chi connectivity index (χ3n) is 6.06. The quantitative estimate of drug-likeness (QED) is 0.394. The molecule has 0 aliphatic carbocycles. The lowest BCUT2D eigenvalue weighted by atomic mass is 10.1. The van der Waals surface area contributed by atoms with E-state index in [-0.39, 0.29) is 5.91 Å². The van der Waals surface area contributed by atoms with E-state index in [1.165, 1.54) is 5.56 Å². The molecular weight excluding hydrogens is 428 g/mol. The maximum Gasteiger partial charge on any atom is 0.224 e. The van der Waals surface area contributed by atoms with Gasteiger partial charge < -0.3 is 14.8 Å². The highest BCUT2D eigenvalue weighted by Crippen LogP contribution is 2.30. The summed E-state index contributed by atoms with van der Waals surface area (Å²) in [4.78, 5) is 17.3. The number of nitrogens with zero attached hydrogens (tertiary/aromatic N) is 3. The molecule has 7 nitrogen and oxygen atoms in total. The van der Waals surface area contributed by atoms with Gasteiger partial charge in [-0.15, -0.1) is 0 Å². The van der Waals surface area contributed by atoms with Crippen LogP contribution in [0.15, 0.2) is 48.5 Å². The van der Waals surface area contributed by atoms with Crippen LogP contribution in [0.3, 0.4) is 0 Å². The van der Waals surface area contributed by atoms with Crippen LogP contribution in [-0.4, -0.2) is 34.7 Å². The van der Waals surface area contributed by atoms with Gasteiger partial charge in [-0.25, -0.2) is 9.50 Å². The molecule has 4 rings (SSSR count). The molecule has 0 saturated carbocycles. The fourth-order valence-corrected chi connectivity index (χ4v) is 4.07. The average molecular weight is 459 g/mol. The van der Waals surface area contributed by atoms with E-state index < -0.39 is 0 Å². The van der Waals surface area contributed by atoms with Crippen LogP contribution in [0.2, 0.25) is 0 Å². The maximum absolute atomic E-state index is 12.6. The van der Waals surface area contributed by atoms with Crippen molar-refractivity contribution in [3.63, 3.8) is 0 Å².